The molecule has 0 aliphatic carbocycles. The number of esters is 1. The first-order valence-electron chi connectivity index (χ1n) is 9.11. The molecule has 6 nitrogen and oxygen atoms in total. The van der Waals surface area contributed by atoms with Gasteiger partial charge in [0.2, 0.25) is 0 Å². The van der Waals surface area contributed by atoms with Crippen molar-refractivity contribution in [1.29, 1.82) is 0 Å². The van der Waals surface area contributed by atoms with E-state index in [9.17, 15) is 9.59 Å². The lowest BCUT2D eigenvalue weighted by Gasteiger charge is -2.25. The third-order valence-corrected chi connectivity index (χ3v) is 4.66. The number of carbonyl (C=O) groups excluding carboxylic acids is 2. The molecule has 3 rings (SSSR count). The first-order valence-corrected chi connectivity index (χ1v) is 9.11. The number of amides is 2. The van der Waals surface area contributed by atoms with Crippen LogP contribution in [0.1, 0.15) is 41.7 Å². The molecule has 0 unspecified atom stereocenters. The highest BCUT2D eigenvalue weighted by Crippen LogP contribution is 2.33. The molecule has 0 saturated carbocycles. The summed E-state index contributed by atoms with van der Waals surface area (Å²) < 4.78 is 10.2. The minimum absolute atomic E-state index is 0.0507. The van der Waals surface area contributed by atoms with Gasteiger partial charge in [-0.15, -0.1) is 0 Å². The fraction of sp³-hybridized carbons (Fsp3) is 0.333. The van der Waals surface area contributed by atoms with Crippen LogP contribution in [0, 0.1) is 0 Å². The Morgan fingerprint density at radius 1 is 1.11 bits per heavy atom. The number of ether oxygens (including phenoxy) is 2. The Hall–Kier alpha value is -3.02. The third-order valence-electron chi connectivity index (χ3n) is 4.66. The van der Waals surface area contributed by atoms with Crippen LogP contribution in [0.25, 0.3) is 0 Å². The van der Waals surface area contributed by atoms with Crippen LogP contribution in [-0.4, -0.2) is 37.2 Å². The normalized spacial score (nSPS) is 16.1. The van der Waals surface area contributed by atoms with Crippen LogP contribution in [0.4, 0.5) is 10.5 Å². The Morgan fingerprint density at radius 3 is 2.44 bits per heavy atom. The van der Waals surface area contributed by atoms with Crippen LogP contribution in [-0.2, 0) is 4.74 Å². The molecular weight excluding hydrogens is 344 g/mol. The monoisotopic (exact) mass is 368 g/mol. The maximum Gasteiger partial charge on any atom is 0.338 e. The second-order valence-corrected chi connectivity index (χ2v) is 6.35. The van der Waals surface area contributed by atoms with Crippen molar-refractivity contribution in [3.8, 4) is 5.75 Å². The van der Waals surface area contributed by atoms with Crippen molar-refractivity contribution in [2.24, 2.45) is 0 Å². The van der Waals surface area contributed by atoms with E-state index in [0.717, 1.165) is 24.2 Å². The van der Waals surface area contributed by atoms with Gasteiger partial charge >= 0.3 is 12.0 Å². The Balaban J connectivity index is 1.66. The molecule has 1 fully saturated rings. The van der Waals surface area contributed by atoms with E-state index in [-0.39, 0.29) is 18.0 Å². The van der Waals surface area contributed by atoms with Crippen molar-refractivity contribution in [2.75, 3.05) is 25.6 Å². The number of anilines is 1. The Kier molecular flexibility index (Phi) is 5.96. The molecule has 2 amide bonds. The Morgan fingerprint density at radius 2 is 1.81 bits per heavy atom. The second-order valence-electron chi connectivity index (χ2n) is 6.35. The first-order chi connectivity index (χ1) is 13.1. The standard InChI is InChI=1S/C21H24N2O4/c1-3-27-20(24)16-6-10-17(11-7-16)22-21(25)23-14-4-5-19(23)15-8-12-18(26-2)13-9-15/h6-13,19H,3-5,14H2,1-2H3,(H,22,25)/t19-/m1/s1. The molecule has 0 aromatic heterocycles. The molecule has 0 bridgehead atoms. The zero-order chi connectivity index (χ0) is 19.2. The summed E-state index contributed by atoms with van der Waals surface area (Å²) in [5.74, 6) is 0.434. The average Bonchev–Trinajstić information content (AvgIpc) is 3.19. The van der Waals surface area contributed by atoms with Crippen LogP contribution in [0.2, 0.25) is 0 Å². The summed E-state index contributed by atoms with van der Waals surface area (Å²) in [6.45, 7) is 2.81. The summed E-state index contributed by atoms with van der Waals surface area (Å²) in [7, 11) is 1.64. The molecular formula is C21H24N2O4. The van der Waals surface area contributed by atoms with Crippen molar-refractivity contribution in [2.45, 2.75) is 25.8 Å². The van der Waals surface area contributed by atoms with E-state index < -0.39 is 0 Å². The van der Waals surface area contributed by atoms with Gasteiger partial charge in [0.05, 0.1) is 25.3 Å². The van der Waals surface area contributed by atoms with Gasteiger partial charge in [0.15, 0.2) is 0 Å². The van der Waals surface area contributed by atoms with Crippen molar-refractivity contribution < 1.29 is 19.1 Å². The molecule has 1 N–H and O–H groups in total. The number of hydrogen-bond acceptors (Lipinski definition) is 4. The minimum atomic E-state index is -0.366. The van der Waals surface area contributed by atoms with E-state index in [0.29, 0.717) is 24.4 Å². The van der Waals surface area contributed by atoms with Crippen molar-refractivity contribution in [3.05, 3.63) is 59.7 Å². The van der Waals surface area contributed by atoms with Crippen LogP contribution in [0.15, 0.2) is 48.5 Å². The molecule has 0 spiro atoms. The van der Waals surface area contributed by atoms with Gasteiger partial charge in [-0.25, -0.2) is 9.59 Å². The average molecular weight is 368 g/mol. The lowest BCUT2D eigenvalue weighted by Crippen LogP contribution is -2.34. The second kappa shape index (κ2) is 8.58. The van der Waals surface area contributed by atoms with Gasteiger partial charge in [-0.2, -0.15) is 0 Å². The van der Waals surface area contributed by atoms with E-state index in [1.165, 1.54) is 0 Å². The summed E-state index contributed by atoms with van der Waals surface area (Å²) in [5.41, 5.74) is 2.21. The van der Waals surface area contributed by atoms with Gasteiger partial charge in [-0.3, -0.25) is 0 Å². The van der Waals surface area contributed by atoms with Crippen LogP contribution >= 0.6 is 0 Å². The van der Waals surface area contributed by atoms with Crippen LogP contribution in [0.3, 0.4) is 0 Å². The highest BCUT2D eigenvalue weighted by atomic mass is 16.5. The van der Waals surface area contributed by atoms with E-state index in [2.05, 4.69) is 5.32 Å². The number of rotatable bonds is 5. The number of benzene rings is 2. The van der Waals surface area contributed by atoms with E-state index >= 15 is 0 Å². The smallest absolute Gasteiger partial charge is 0.338 e. The zero-order valence-corrected chi connectivity index (χ0v) is 15.6. The highest BCUT2D eigenvalue weighted by molar-refractivity contribution is 5.92. The molecule has 2 aromatic rings. The molecule has 6 heteroatoms. The molecule has 0 radical (unpaired) electrons. The van der Waals surface area contributed by atoms with Crippen LogP contribution < -0.4 is 10.1 Å². The number of nitrogens with zero attached hydrogens (tertiary/aromatic N) is 1. The topological polar surface area (TPSA) is 67.9 Å². The maximum absolute atomic E-state index is 12.7. The molecule has 142 valence electrons. The summed E-state index contributed by atoms with van der Waals surface area (Å²) in [5, 5.41) is 2.91. The quantitative estimate of drug-likeness (QED) is 0.802. The van der Waals surface area contributed by atoms with Crippen molar-refractivity contribution in [3.63, 3.8) is 0 Å². The predicted octanol–water partition coefficient (Wildman–Crippen LogP) is 4.24. The fourth-order valence-electron chi connectivity index (χ4n) is 3.28. The molecule has 1 saturated heterocycles. The number of hydrogen-bond donors (Lipinski definition) is 1. The number of carbonyl (C=O) groups is 2. The van der Waals surface area contributed by atoms with Gasteiger partial charge in [0.25, 0.3) is 0 Å². The van der Waals surface area contributed by atoms with Crippen LogP contribution in [0.5, 0.6) is 5.75 Å². The third kappa shape index (κ3) is 4.39. The predicted molar refractivity (Wildman–Crippen MR) is 103 cm³/mol. The summed E-state index contributed by atoms with van der Waals surface area (Å²) in [6.07, 6.45) is 1.90. The number of urea groups is 1. The lowest BCUT2D eigenvalue weighted by atomic mass is 10.0. The van der Waals surface area contributed by atoms with Gasteiger partial charge in [-0.1, -0.05) is 12.1 Å². The molecule has 1 atom stereocenters. The molecule has 1 aliphatic rings. The molecule has 2 aromatic carbocycles. The SMILES string of the molecule is CCOC(=O)c1ccc(NC(=O)N2CCC[C@@H]2c2ccc(OC)cc2)cc1. The minimum Gasteiger partial charge on any atom is -0.497 e. The largest absolute Gasteiger partial charge is 0.497 e. The van der Waals surface area contributed by atoms with Gasteiger partial charge in [0, 0.05) is 12.2 Å². The molecule has 1 aliphatic heterocycles. The molecule has 27 heavy (non-hydrogen) atoms. The van der Waals surface area contributed by atoms with Crippen molar-refractivity contribution >= 4 is 17.7 Å². The first kappa shape index (κ1) is 18.8. The van der Waals surface area contributed by atoms with Crippen molar-refractivity contribution in [1.82, 2.24) is 4.90 Å². The summed E-state index contributed by atoms with van der Waals surface area (Å²) >= 11 is 0. The van der Waals surface area contributed by atoms with Gasteiger partial charge in [-0.05, 0) is 61.7 Å². The number of methoxy groups -OCH3 is 1. The number of nitrogens with one attached hydrogen (secondary N) is 1. The Bertz CT molecular complexity index is 787. The Labute approximate surface area is 159 Å². The van der Waals surface area contributed by atoms with E-state index in [4.69, 9.17) is 9.47 Å². The van der Waals surface area contributed by atoms with E-state index in [1.54, 1.807) is 38.3 Å². The highest BCUT2D eigenvalue weighted by Gasteiger charge is 2.30. The number of likely N-dealkylation sites (tertiary alicyclic amines) is 1. The maximum atomic E-state index is 12.7. The zero-order valence-electron chi connectivity index (χ0n) is 15.6. The van der Waals surface area contributed by atoms with Gasteiger partial charge < -0.3 is 19.7 Å². The lowest BCUT2D eigenvalue weighted by molar-refractivity contribution is 0.0526. The summed E-state index contributed by atoms with van der Waals surface area (Å²) in [6, 6.07) is 14.5. The molecule has 1 heterocycles. The van der Waals surface area contributed by atoms with Gasteiger partial charge in [0.1, 0.15) is 5.75 Å². The van der Waals surface area contributed by atoms with E-state index in [1.807, 2.05) is 29.2 Å². The fourth-order valence-corrected chi connectivity index (χ4v) is 3.28. The summed E-state index contributed by atoms with van der Waals surface area (Å²) in [4.78, 5) is 26.3.